The maximum Gasteiger partial charge on any atom is 0.147 e. The van der Waals surface area contributed by atoms with Crippen LogP contribution >= 0.6 is 0 Å². The topological polar surface area (TPSA) is 36.8 Å². The fraction of sp³-hybridized carbons (Fsp3) is 0.800. The molecule has 0 aromatic carbocycles. The largest absolute Gasteiger partial charge is 0.317 e. The molecule has 0 saturated heterocycles. The molecule has 0 bridgehead atoms. The number of rotatable bonds is 6. The van der Waals surface area contributed by atoms with Gasteiger partial charge in [0.15, 0.2) is 0 Å². The predicted molar refractivity (Wildman–Crippen MR) is 57.8 cm³/mol. The molecule has 3 nitrogen and oxygen atoms in total. The van der Waals surface area contributed by atoms with Crippen LogP contribution in [0.4, 0.5) is 0 Å². The second-order valence-electron chi connectivity index (χ2n) is 3.63. The van der Waals surface area contributed by atoms with E-state index in [9.17, 15) is 0 Å². The van der Waals surface area contributed by atoms with Gasteiger partial charge in [0.1, 0.15) is 5.66 Å². The van der Waals surface area contributed by atoms with Crippen LogP contribution in [-0.2, 0) is 0 Å². The first-order chi connectivity index (χ1) is 6.27. The molecule has 1 aliphatic heterocycles. The summed E-state index contributed by atoms with van der Waals surface area (Å²) >= 11 is 0. The molecule has 0 aromatic heterocycles. The quantitative estimate of drug-likeness (QED) is 0.621. The molecule has 1 N–H and O–H groups in total. The zero-order chi connectivity index (χ0) is 9.57. The van der Waals surface area contributed by atoms with Crippen molar-refractivity contribution in [2.24, 2.45) is 9.98 Å². The third-order valence-corrected chi connectivity index (χ3v) is 2.20. The lowest BCUT2D eigenvalue weighted by Crippen LogP contribution is -2.21. The molecular weight excluding hydrogens is 162 g/mol. The van der Waals surface area contributed by atoms with E-state index >= 15 is 0 Å². The first-order valence-corrected chi connectivity index (χ1v) is 5.06. The average Bonchev–Trinajstić information content (AvgIpc) is 2.53. The lowest BCUT2D eigenvalue weighted by molar-refractivity contribution is 0.442. The van der Waals surface area contributed by atoms with Crippen molar-refractivity contribution in [3.8, 4) is 0 Å². The molecule has 0 unspecified atom stereocenters. The summed E-state index contributed by atoms with van der Waals surface area (Å²) in [6.45, 7) is 6.45. The molecule has 3 heteroatoms. The number of nitrogens with zero attached hydrogens (tertiary/aromatic N) is 2. The van der Waals surface area contributed by atoms with Gasteiger partial charge in [-0.3, -0.25) is 9.98 Å². The molecular formula is C10H19N3. The molecule has 1 heterocycles. The number of aliphatic imine (C=N–C) groups is 2. The van der Waals surface area contributed by atoms with E-state index in [4.69, 9.17) is 0 Å². The van der Waals surface area contributed by atoms with Gasteiger partial charge in [0.05, 0.1) is 0 Å². The third kappa shape index (κ3) is 3.68. The summed E-state index contributed by atoms with van der Waals surface area (Å²) < 4.78 is 0. The highest BCUT2D eigenvalue weighted by Crippen LogP contribution is 2.20. The highest BCUT2D eigenvalue weighted by molar-refractivity contribution is 6.17. The summed E-state index contributed by atoms with van der Waals surface area (Å²) in [4.78, 5) is 8.62. The van der Waals surface area contributed by atoms with E-state index < -0.39 is 0 Å². The van der Waals surface area contributed by atoms with E-state index in [0.717, 1.165) is 25.9 Å². The van der Waals surface area contributed by atoms with Gasteiger partial charge >= 0.3 is 0 Å². The van der Waals surface area contributed by atoms with Crippen molar-refractivity contribution < 1.29 is 0 Å². The van der Waals surface area contributed by atoms with E-state index in [-0.39, 0.29) is 5.66 Å². The minimum Gasteiger partial charge on any atom is -0.317 e. The van der Waals surface area contributed by atoms with Gasteiger partial charge in [-0.2, -0.15) is 0 Å². The van der Waals surface area contributed by atoms with Gasteiger partial charge < -0.3 is 5.32 Å². The Bertz CT molecular complexity index is 184. The van der Waals surface area contributed by atoms with E-state index in [1.165, 1.54) is 6.42 Å². The fourth-order valence-electron chi connectivity index (χ4n) is 1.40. The zero-order valence-electron chi connectivity index (χ0n) is 8.58. The summed E-state index contributed by atoms with van der Waals surface area (Å²) in [5.74, 6) is 0. The SMILES string of the molecule is CCCNCCCC1(C)N=CC=N1. The Morgan fingerprint density at radius 3 is 2.54 bits per heavy atom. The minimum atomic E-state index is -0.159. The monoisotopic (exact) mass is 181 g/mol. The van der Waals surface area contributed by atoms with Crippen molar-refractivity contribution in [1.29, 1.82) is 0 Å². The molecule has 0 saturated carbocycles. The molecule has 0 radical (unpaired) electrons. The number of hydrogen-bond acceptors (Lipinski definition) is 3. The molecule has 0 amide bonds. The summed E-state index contributed by atoms with van der Waals surface area (Å²) in [6, 6.07) is 0. The fourth-order valence-corrected chi connectivity index (χ4v) is 1.40. The van der Waals surface area contributed by atoms with Gasteiger partial charge in [-0.05, 0) is 39.3 Å². The van der Waals surface area contributed by atoms with Crippen LogP contribution in [0, 0.1) is 0 Å². The normalized spacial score (nSPS) is 18.3. The Labute approximate surface area is 80.4 Å². The third-order valence-electron chi connectivity index (χ3n) is 2.20. The predicted octanol–water partition coefficient (Wildman–Crippen LogP) is 1.64. The second kappa shape index (κ2) is 5.12. The van der Waals surface area contributed by atoms with Crippen molar-refractivity contribution in [2.45, 2.75) is 38.8 Å². The van der Waals surface area contributed by atoms with Crippen LogP contribution in [-0.4, -0.2) is 31.2 Å². The highest BCUT2D eigenvalue weighted by atomic mass is 15.1. The van der Waals surface area contributed by atoms with Crippen molar-refractivity contribution in [3.05, 3.63) is 0 Å². The molecule has 0 atom stereocenters. The molecule has 13 heavy (non-hydrogen) atoms. The van der Waals surface area contributed by atoms with Gasteiger partial charge in [0.2, 0.25) is 0 Å². The summed E-state index contributed by atoms with van der Waals surface area (Å²) in [5.41, 5.74) is -0.159. The molecule has 1 rings (SSSR count). The van der Waals surface area contributed by atoms with Crippen LogP contribution < -0.4 is 5.32 Å². The van der Waals surface area contributed by atoms with Gasteiger partial charge in [-0.15, -0.1) is 0 Å². The Hall–Kier alpha value is -0.700. The van der Waals surface area contributed by atoms with Crippen LogP contribution in [0.25, 0.3) is 0 Å². The highest BCUT2D eigenvalue weighted by Gasteiger charge is 2.21. The first-order valence-electron chi connectivity index (χ1n) is 5.06. The van der Waals surface area contributed by atoms with E-state index in [2.05, 4.69) is 29.1 Å². The molecule has 0 aliphatic carbocycles. The van der Waals surface area contributed by atoms with Crippen LogP contribution in [0.5, 0.6) is 0 Å². The molecule has 1 aliphatic rings. The van der Waals surface area contributed by atoms with E-state index in [0.29, 0.717) is 0 Å². The van der Waals surface area contributed by atoms with Gasteiger partial charge in [-0.1, -0.05) is 6.92 Å². The summed E-state index contributed by atoms with van der Waals surface area (Å²) in [5, 5.41) is 3.37. The van der Waals surface area contributed by atoms with Crippen LogP contribution in [0.1, 0.15) is 33.1 Å². The van der Waals surface area contributed by atoms with Crippen molar-refractivity contribution >= 4 is 12.4 Å². The van der Waals surface area contributed by atoms with Gasteiger partial charge in [0, 0.05) is 12.4 Å². The van der Waals surface area contributed by atoms with E-state index in [1.54, 1.807) is 12.4 Å². The smallest absolute Gasteiger partial charge is 0.147 e. The number of hydrogen-bond donors (Lipinski definition) is 1. The van der Waals surface area contributed by atoms with Gasteiger partial charge in [-0.25, -0.2) is 0 Å². The first kappa shape index (κ1) is 10.4. The van der Waals surface area contributed by atoms with Gasteiger partial charge in [0.25, 0.3) is 0 Å². The van der Waals surface area contributed by atoms with Crippen LogP contribution in [0.2, 0.25) is 0 Å². The maximum atomic E-state index is 4.31. The van der Waals surface area contributed by atoms with Crippen molar-refractivity contribution in [1.82, 2.24) is 5.32 Å². The van der Waals surface area contributed by atoms with Crippen molar-refractivity contribution in [2.75, 3.05) is 13.1 Å². The Kier molecular flexibility index (Phi) is 4.09. The number of nitrogens with one attached hydrogen (secondary N) is 1. The Morgan fingerprint density at radius 2 is 1.92 bits per heavy atom. The zero-order valence-corrected chi connectivity index (χ0v) is 8.58. The molecule has 0 spiro atoms. The lowest BCUT2D eigenvalue weighted by Gasteiger charge is -2.16. The maximum absolute atomic E-state index is 4.31. The average molecular weight is 181 g/mol. The lowest BCUT2D eigenvalue weighted by atomic mass is 10.1. The van der Waals surface area contributed by atoms with E-state index in [1.807, 2.05) is 0 Å². The molecule has 0 aromatic rings. The second-order valence-corrected chi connectivity index (χ2v) is 3.63. The summed E-state index contributed by atoms with van der Waals surface area (Å²) in [6.07, 6.45) is 6.97. The molecule has 74 valence electrons. The standard InChI is InChI=1S/C10H19N3/c1-3-6-11-7-4-5-10(2)12-8-9-13-10/h8-9,11H,3-7H2,1-2H3. The molecule has 0 fully saturated rings. The van der Waals surface area contributed by atoms with Crippen LogP contribution in [0.3, 0.4) is 0 Å². The minimum absolute atomic E-state index is 0.159. The van der Waals surface area contributed by atoms with Crippen molar-refractivity contribution in [3.63, 3.8) is 0 Å². The van der Waals surface area contributed by atoms with Crippen LogP contribution in [0.15, 0.2) is 9.98 Å². The Balaban J connectivity index is 2.05. The Morgan fingerprint density at radius 1 is 1.23 bits per heavy atom. The summed E-state index contributed by atoms with van der Waals surface area (Å²) in [7, 11) is 0.